The van der Waals surface area contributed by atoms with E-state index >= 15 is 0 Å². The van der Waals surface area contributed by atoms with Gasteiger partial charge in [-0.1, -0.05) is 0 Å². The minimum absolute atomic E-state index is 1.55. The Morgan fingerprint density at radius 2 is 1.00 bits per heavy atom. The van der Waals surface area contributed by atoms with Crippen molar-refractivity contribution in [3.05, 3.63) is 8.47 Å². The second kappa shape index (κ2) is 1.31. The fraction of sp³-hybridized carbons (Fsp3) is 0. The topological polar surface area (TPSA) is 0 Å². The number of hydrogen-bond donors (Lipinski definition) is 0. The van der Waals surface area contributed by atoms with E-state index in [1.54, 1.807) is 8.47 Å². The molecular weight excluding hydrogens is 152 g/mol. The summed E-state index contributed by atoms with van der Waals surface area (Å²) in [5.74, 6) is 0. The molecule has 0 amide bonds. The van der Waals surface area contributed by atoms with Gasteiger partial charge in [0.25, 0.3) is 0 Å². The summed E-state index contributed by atoms with van der Waals surface area (Å²) in [6, 6.07) is 0. The lowest BCUT2D eigenvalue weighted by Gasteiger charge is -1.45. The predicted octanol–water partition coefficient (Wildman–Crippen LogP) is 2.90. The highest BCUT2D eigenvalue weighted by molar-refractivity contribution is 9.01. The Balaban J connectivity index is 2.34. The Hall–Kier alpha value is 1.14. The molecule has 2 saturated heterocycles. The van der Waals surface area contributed by atoms with Crippen LogP contribution >= 0.6 is 43.2 Å². The summed E-state index contributed by atoms with van der Waals surface area (Å²) < 4.78 is 3.09. The van der Waals surface area contributed by atoms with Crippen molar-refractivity contribution in [1.82, 2.24) is 0 Å². The monoisotopic (exact) mass is 152 g/mol. The maximum Gasteiger partial charge on any atom is 0.0844 e. The van der Waals surface area contributed by atoms with Crippen LogP contribution in [0.5, 0.6) is 0 Å². The summed E-state index contributed by atoms with van der Waals surface area (Å²) >= 11 is 0. The third-order valence-corrected chi connectivity index (χ3v) is 4.50. The first-order chi connectivity index (χ1) is 2.97. The zero-order chi connectivity index (χ0) is 3.98. The average Bonchev–Trinajstić information content (AvgIpc) is 2.26. The molecule has 2 fully saturated rings. The molecule has 4 heteroatoms. The van der Waals surface area contributed by atoms with Crippen molar-refractivity contribution in [2.24, 2.45) is 0 Å². The van der Waals surface area contributed by atoms with E-state index in [1.165, 1.54) is 0 Å². The molecule has 2 aliphatic rings. The smallest absolute Gasteiger partial charge is 0.0422 e. The first-order valence-electron chi connectivity index (χ1n) is 1.40. The van der Waals surface area contributed by atoms with Gasteiger partial charge in [-0.05, 0) is 43.2 Å². The van der Waals surface area contributed by atoms with Gasteiger partial charge in [0, 0.05) is 0 Å². The lowest BCUT2D eigenvalue weighted by Crippen LogP contribution is -1.24. The Labute approximate surface area is 51.7 Å². The van der Waals surface area contributed by atoms with Crippen molar-refractivity contribution in [3.63, 3.8) is 0 Å². The third kappa shape index (κ3) is 0.710. The van der Waals surface area contributed by atoms with Gasteiger partial charge in [-0.15, -0.1) is 0 Å². The molecule has 0 saturated carbocycles. The summed E-state index contributed by atoms with van der Waals surface area (Å²) in [5.41, 5.74) is 0. The molecule has 0 nitrogen and oxygen atoms in total. The lowest BCUT2D eigenvalue weighted by molar-refractivity contribution is 2.48. The van der Waals surface area contributed by atoms with E-state index in [2.05, 4.69) is 0 Å². The summed E-state index contributed by atoms with van der Waals surface area (Å²) in [5, 5.41) is 0. The summed E-state index contributed by atoms with van der Waals surface area (Å²) in [4.78, 5) is 0. The zero-order valence-electron chi connectivity index (χ0n) is 2.63. The Bertz CT molecular complexity index is 88.7. The second-order valence-corrected chi connectivity index (χ2v) is 5.72. The van der Waals surface area contributed by atoms with Gasteiger partial charge in [-0.25, -0.2) is 0 Å². The van der Waals surface area contributed by atoms with Crippen LogP contribution in [0.3, 0.4) is 0 Å². The molecule has 0 atom stereocenters. The van der Waals surface area contributed by atoms with Crippen LogP contribution in [0.1, 0.15) is 0 Å². The van der Waals surface area contributed by atoms with E-state index in [4.69, 9.17) is 0 Å². The SMILES string of the molecule is S1SC1=C1SS1. The van der Waals surface area contributed by atoms with Gasteiger partial charge >= 0.3 is 0 Å². The van der Waals surface area contributed by atoms with Crippen LogP contribution in [0.15, 0.2) is 8.47 Å². The first-order valence-corrected chi connectivity index (χ1v) is 5.70. The largest absolute Gasteiger partial charge is 0.0844 e. The molecule has 2 aliphatic heterocycles. The highest BCUT2D eigenvalue weighted by Gasteiger charge is 2.29. The Morgan fingerprint density at radius 1 is 0.667 bits per heavy atom. The Kier molecular flexibility index (Phi) is 0.885. The minimum Gasteiger partial charge on any atom is -0.0422 e. The summed E-state index contributed by atoms with van der Waals surface area (Å²) in [6.45, 7) is 0. The first kappa shape index (κ1) is 4.06. The van der Waals surface area contributed by atoms with Crippen LogP contribution < -0.4 is 0 Å². The highest BCUT2D eigenvalue weighted by Crippen LogP contribution is 2.73. The van der Waals surface area contributed by atoms with Crippen LogP contribution in [0.2, 0.25) is 0 Å². The molecule has 0 unspecified atom stereocenters. The molecule has 32 valence electrons. The normalized spacial score (nSPS) is 28.0. The molecular formula is C2S4. The molecule has 0 aromatic carbocycles. The molecule has 2 rings (SSSR count). The molecule has 0 spiro atoms. The van der Waals surface area contributed by atoms with Crippen molar-refractivity contribution < 1.29 is 0 Å². The molecule has 0 aromatic rings. The third-order valence-electron chi connectivity index (χ3n) is 0.500. The fourth-order valence-corrected chi connectivity index (χ4v) is 4.05. The highest BCUT2D eigenvalue weighted by atomic mass is 33.2. The second-order valence-electron chi connectivity index (χ2n) is 0.908. The van der Waals surface area contributed by atoms with Crippen LogP contribution in [-0.2, 0) is 0 Å². The van der Waals surface area contributed by atoms with Crippen LogP contribution in [-0.4, -0.2) is 0 Å². The van der Waals surface area contributed by atoms with Gasteiger partial charge in [0.1, 0.15) is 0 Å². The number of rotatable bonds is 0. The van der Waals surface area contributed by atoms with Crippen molar-refractivity contribution in [2.75, 3.05) is 0 Å². The van der Waals surface area contributed by atoms with E-state index in [0.29, 0.717) is 0 Å². The maximum absolute atomic E-state index is 1.89. The zero-order valence-corrected chi connectivity index (χ0v) is 5.90. The van der Waals surface area contributed by atoms with Crippen molar-refractivity contribution in [2.45, 2.75) is 0 Å². The van der Waals surface area contributed by atoms with Crippen LogP contribution in [0.25, 0.3) is 0 Å². The van der Waals surface area contributed by atoms with E-state index in [0.717, 1.165) is 0 Å². The maximum atomic E-state index is 1.89. The average molecular weight is 152 g/mol. The molecule has 2 heterocycles. The Morgan fingerprint density at radius 3 is 1.17 bits per heavy atom. The van der Waals surface area contributed by atoms with E-state index < -0.39 is 0 Å². The summed E-state index contributed by atoms with van der Waals surface area (Å²) in [7, 11) is 7.57. The van der Waals surface area contributed by atoms with E-state index in [9.17, 15) is 0 Å². The van der Waals surface area contributed by atoms with Crippen LogP contribution in [0, 0.1) is 0 Å². The lowest BCUT2D eigenvalue weighted by atomic mass is 11.2. The molecule has 0 N–H and O–H groups in total. The molecule has 0 aromatic heterocycles. The van der Waals surface area contributed by atoms with Gasteiger partial charge in [-0.2, -0.15) is 0 Å². The molecule has 0 bridgehead atoms. The van der Waals surface area contributed by atoms with E-state index in [-0.39, 0.29) is 0 Å². The van der Waals surface area contributed by atoms with E-state index in [1.807, 2.05) is 43.2 Å². The number of hydrogen-bond acceptors (Lipinski definition) is 4. The van der Waals surface area contributed by atoms with Crippen molar-refractivity contribution in [3.8, 4) is 0 Å². The quantitative estimate of drug-likeness (QED) is 0.386. The molecule has 0 aliphatic carbocycles. The van der Waals surface area contributed by atoms with Crippen molar-refractivity contribution in [1.29, 1.82) is 0 Å². The molecule has 6 heavy (non-hydrogen) atoms. The van der Waals surface area contributed by atoms with Gasteiger partial charge in [0.05, 0.1) is 8.47 Å². The summed E-state index contributed by atoms with van der Waals surface area (Å²) in [6.07, 6.45) is 0. The van der Waals surface area contributed by atoms with Gasteiger partial charge in [0.2, 0.25) is 0 Å². The van der Waals surface area contributed by atoms with Crippen molar-refractivity contribution >= 4 is 43.2 Å². The predicted molar refractivity (Wildman–Crippen MR) is 37.4 cm³/mol. The standard InChI is InChI=1S/C2S4/c3-1(4-3)2-5-6-2. The van der Waals surface area contributed by atoms with Gasteiger partial charge < -0.3 is 0 Å². The van der Waals surface area contributed by atoms with Gasteiger partial charge in [-0.3, -0.25) is 0 Å². The van der Waals surface area contributed by atoms with Crippen LogP contribution in [0.4, 0.5) is 0 Å². The molecule has 0 radical (unpaired) electrons. The minimum atomic E-state index is 1.55. The van der Waals surface area contributed by atoms with Gasteiger partial charge in [0.15, 0.2) is 0 Å². The fourth-order valence-electron chi connectivity index (χ4n) is 0.178.